The Morgan fingerprint density at radius 1 is 1.10 bits per heavy atom. The van der Waals surface area contributed by atoms with Crippen molar-refractivity contribution in [2.75, 3.05) is 36.5 Å². The molecule has 0 radical (unpaired) electrons. The van der Waals surface area contributed by atoms with Crippen LogP contribution in [0.3, 0.4) is 0 Å². The van der Waals surface area contributed by atoms with E-state index in [1.165, 1.54) is 0 Å². The first kappa shape index (κ1) is 12.8. The molecule has 0 saturated carbocycles. The number of hydrogen-bond acceptors (Lipinski definition) is 6. The Balaban J connectivity index is 1.58. The molecule has 1 N–H and O–H groups in total. The minimum atomic E-state index is 0.629. The molecule has 2 aromatic rings. The quantitative estimate of drug-likeness (QED) is 0.905. The van der Waals surface area contributed by atoms with Crippen LogP contribution >= 0.6 is 0 Å². The predicted molar refractivity (Wildman–Crippen MR) is 76.6 cm³/mol. The van der Waals surface area contributed by atoms with Gasteiger partial charge in [-0.1, -0.05) is 6.07 Å². The highest BCUT2D eigenvalue weighted by molar-refractivity contribution is 5.40. The first-order valence-corrected chi connectivity index (χ1v) is 6.70. The molecule has 3 rings (SSSR count). The summed E-state index contributed by atoms with van der Waals surface area (Å²) >= 11 is 0. The van der Waals surface area contributed by atoms with Crippen molar-refractivity contribution in [3.8, 4) is 0 Å². The fourth-order valence-corrected chi connectivity index (χ4v) is 2.07. The Kier molecular flexibility index (Phi) is 4.03. The molecule has 0 aliphatic carbocycles. The maximum atomic E-state index is 5.34. The summed E-state index contributed by atoms with van der Waals surface area (Å²) in [6.45, 7) is 4.03. The molecular formula is C14H17N5O. The molecule has 1 fully saturated rings. The van der Waals surface area contributed by atoms with Gasteiger partial charge >= 0.3 is 0 Å². The van der Waals surface area contributed by atoms with Crippen LogP contribution in [0.4, 0.5) is 11.8 Å². The van der Waals surface area contributed by atoms with E-state index in [1.807, 2.05) is 12.3 Å². The van der Waals surface area contributed by atoms with Gasteiger partial charge in [-0.25, -0.2) is 15.0 Å². The summed E-state index contributed by atoms with van der Waals surface area (Å²) in [5.74, 6) is 1.64. The monoisotopic (exact) mass is 271 g/mol. The molecule has 3 heterocycles. The highest BCUT2D eigenvalue weighted by atomic mass is 16.5. The molecule has 0 spiro atoms. The van der Waals surface area contributed by atoms with Gasteiger partial charge in [-0.2, -0.15) is 0 Å². The fourth-order valence-electron chi connectivity index (χ4n) is 2.07. The Morgan fingerprint density at radius 3 is 2.60 bits per heavy atom. The number of nitrogens with zero attached hydrogens (tertiary/aromatic N) is 4. The summed E-state index contributed by atoms with van der Waals surface area (Å²) < 4.78 is 5.34. The summed E-state index contributed by atoms with van der Waals surface area (Å²) in [6.07, 6.45) is 5.32. The summed E-state index contributed by atoms with van der Waals surface area (Å²) in [5, 5.41) is 3.16. The third-order valence-electron chi connectivity index (χ3n) is 3.16. The Hall–Kier alpha value is -2.21. The number of hydrogen-bond donors (Lipinski definition) is 1. The van der Waals surface area contributed by atoms with Crippen LogP contribution in [0.5, 0.6) is 0 Å². The molecule has 20 heavy (non-hydrogen) atoms. The number of morpholine rings is 1. The largest absolute Gasteiger partial charge is 0.378 e. The molecular weight excluding hydrogens is 254 g/mol. The summed E-state index contributed by atoms with van der Waals surface area (Å²) in [6, 6.07) is 5.92. The van der Waals surface area contributed by atoms with Gasteiger partial charge in [-0.15, -0.1) is 0 Å². The lowest BCUT2D eigenvalue weighted by Gasteiger charge is -2.27. The van der Waals surface area contributed by atoms with Crippen molar-refractivity contribution in [3.05, 3.63) is 42.4 Å². The molecule has 6 heteroatoms. The molecule has 0 aromatic carbocycles. The van der Waals surface area contributed by atoms with Gasteiger partial charge in [0.05, 0.1) is 13.2 Å². The zero-order chi connectivity index (χ0) is 13.6. The lowest BCUT2D eigenvalue weighted by Crippen LogP contribution is -2.36. The molecule has 6 nitrogen and oxygen atoms in total. The zero-order valence-electron chi connectivity index (χ0n) is 11.2. The van der Waals surface area contributed by atoms with Crippen molar-refractivity contribution < 1.29 is 4.74 Å². The van der Waals surface area contributed by atoms with Crippen LogP contribution < -0.4 is 10.2 Å². The molecule has 1 aliphatic rings. The number of aromatic nitrogens is 3. The number of rotatable bonds is 4. The van der Waals surface area contributed by atoms with E-state index in [4.69, 9.17) is 4.74 Å². The minimum absolute atomic E-state index is 0.629. The lowest BCUT2D eigenvalue weighted by atomic mass is 10.2. The van der Waals surface area contributed by atoms with Crippen molar-refractivity contribution in [2.45, 2.75) is 6.54 Å². The fraction of sp³-hybridized carbons (Fsp3) is 0.357. The molecule has 1 aliphatic heterocycles. The zero-order valence-corrected chi connectivity index (χ0v) is 11.2. The number of pyridine rings is 1. The Bertz CT molecular complexity index is 525. The normalized spacial score (nSPS) is 15.1. The average molecular weight is 271 g/mol. The maximum absolute atomic E-state index is 5.34. The first-order chi connectivity index (χ1) is 9.92. The molecule has 0 amide bonds. The van der Waals surface area contributed by atoms with E-state index in [-0.39, 0.29) is 0 Å². The number of anilines is 2. The molecule has 2 aromatic heterocycles. The second-order valence-electron chi connectivity index (χ2n) is 4.55. The summed E-state index contributed by atoms with van der Waals surface area (Å²) in [4.78, 5) is 15.0. The van der Waals surface area contributed by atoms with Crippen molar-refractivity contribution in [1.82, 2.24) is 15.0 Å². The Labute approximate surface area is 117 Å². The van der Waals surface area contributed by atoms with Gasteiger partial charge in [0.15, 0.2) is 0 Å². The minimum Gasteiger partial charge on any atom is -0.378 e. The number of ether oxygens (including phenoxy) is 1. The lowest BCUT2D eigenvalue weighted by molar-refractivity contribution is 0.122. The van der Waals surface area contributed by atoms with Crippen molar-refractivity contribution in [1.29, 1.82) is 0 Å². The SMILES string of the molecule is c1cnc(NCc2ccc(N3CCOCC3)nc2)nc1. The molecule has 0 unspecified atom stereocenters. The smallest absolute Gasteiger partial charge is 0.222 e. The van der Waals surface area contributed by atoms with Crippen molar-refractivity contribution in [3.63, 3.8) is 0 Å². The standard InChI is InChI=1S/C14H17N5O/c1-4-15-14(16-5-1)18-11-12-2-3-13(17-10-12)19-6-8-20-9-7-19/h1-5,10H,6-9,11H2,(H,15,16,18). The van der Waals surface area contributed by atoms with Gasteiger partial charge in [0, 0.05) is 38.2 Å². The third-order valence-corrected chi connectivity index (χ3v) is 3.16. The molecule has 0 atom stereocenters. The van der Waals surface area contributed by atoms with E-state index >= 15 is 0 Å². The predicted octanol–water partition coefficient (Wildman–Crippen LogP) is 1.32. The second kappa shape index (κ2) is 6.29. The number of nitrogens with one attached hydrogen (secondary N) is 1. The van der Waals surface area contributed by atoms with Crippen LogP contribution in [0.2, 0.25) is 0 Å². The van der Waals surface area contributed by atoms with Gasteiger partial charge in [0.25, 0.3) is 0 Å². The van der Waals surface area contributed by atoms with E-state index in [0.717, 1.165) is 37.7 Å². The van der Waals surface area contributed by atoms with Crippen LogP contribution in [0.1, 0.15) is 5.56 Å². The summed E-state index contributed by atoms with van der Waals surface area (Å²) in [7, 11) is 0. The van der Waals surface area contributed by atoms with Gasteiger partial charge in [0.2, 0.25) is 5.95 Å². The average Bonchev–Trinajstić information content (AvgIpc) is 2.55. The topological polar surface area (TPSA) is 63.2 Å². The van der Waals surface area contributed by atoms with E-state index in [9.17, 15) is 0 Å². The maximum Gasteiger partial charge on any atom is 0.222 e. The summed E-state index contributed by atoms with van der Waals surface area (Å²) in [5.41, 5.74) is 1.11. The van der Waals surface area contributed by atoms with Crippen LogP contribution in [0.15, 0.2) is 36.8 Å². The van der Waals surface area contributed by atoms with Crippen molar-refractivity contribution >= 4 is 11.8 Å². The van der Waals surface area contributed by atoms with Crippen LogP contribution in [-0.2, 0) is 11.3 Å². The van der Waals surface area contributed by atoms with E-state index in [1.54, 1.807) is 18.5 Å². The van der Waals surface area contributed by atoms with Crippen LogP contribution in [0.25, 0.3) is 0 Å². The van der Waals surface area contributed by atoms with Gasteiger partial charge in [-0.3, -0.25) is 0 Å². The van der Waals surface area contributed by atoms with Crippen LogP contribution in [0, 0.1) is 0 Å². The third kappa shape index (κ3) is 3.21. The van der Waals surface area contributed by atoms with Gasteiger partial charge in [0.1, 0.15) is 5.82 Å². The molecule has 104 valence electrons. The van der Waals surface area contributed by atoms with E-state index < -0.39 is 0 Å². The molecule has 0 bridgehead atoms. The highest BCUT2D eigenvalue weighted by Crippen LogP contribution is 2.13. The second-order valence-corrected chi connectivity index (χ2v) is 4.55. The van der Waals surface area contributed by atoms with Crippen molar-refractivity contribution in [2.24, 2.45) is 0 Å². The Morgan fingerprint density at radius 2 is 1.90 bits per heavy atom. The molecule has 1 saturated heterocycles. The van der Waals surface area contributed by atoms with E-state index in [2.05, 4.69) is 31.2 Å². The van der Waals surface area contributed by atoms with Gasteiger partial charge < -0.3 is 15.0 Å². The van der Waals surface area contributed by atoms with E-state index in [0.29, 0.717) is 12.5 Å². The first-order valence-electron chi connectivity index (χ1n) is 6.70. The van der Waals surface area contributed by atoms with Gasteiger partial charge in [-0.05, 0) is 17.7 Å². The van der Waals surface area contributed by atoms with Crippen LogP contribution in [-0.4, -0.2) is 41.3 Å². The highest BCUT2D eigenvalue weighted by Gasteiger charge is 2.11.